The number of carbonyl (C=O) groups is 2. The van der Waals surface area contributed by atoms with Crippen LogP contribution >= 0.6 is 28.1 Å². The van der Waals surface area contributed by atoms with Crippen LogP contribution in [0.1, 0.15) is 40.1 Å². The SMILES string of the molecule is CC(C)COc1ccc(C(=O)NC(=S)Nc2ccc(C(=O)NCc3ccccc3)cc2)cc1Br. The summed E-state index contributed by atoms with van der Waals surface area (Å²) in [5.74, 6) is 0.568. The average molecular weight is 540 g/mol. The minimum Gasteiger partial charge on any atom is -0.492 e. The van der Waals surface area contributed by atoms with E-state index in [4.69, 9.17) is 17.0 Å². The van der Waals surface area contributed by atoms with Crippen LogP contribution in [0.2, 0.25) is 0 Å². The van der Waals surface area contributed by atoms with Crippen molar-refractivity contribution in [2.45, 2.75) is 20.4 Å². The van der Waals surface area contributed by atoms with Crippen LogP contribution in [0.3, 0.4) is 0 Å². The van der Waals surface area contributed by atoms with Gasteiger partial charge in [0.25, 0.3) is 11.8 Å². The summed E-state index contributed by atoms with van der Waals surface area (Å²) in [6, 6.07) is 21.7. The van der Waals surface area contributed by atoms with E-state index in [9.17, 15) is 9.59 Å². The summed E-state index contributed by atoms with van der Waals surface area (Å²) < 4.78 is 6.41. The number of hydrogen-bond acceptors (Lipinski definition) is 4. The van der Waals surface area contributed by atoms with Crippen LogP contribution in [0.5, 0.6) is 5.75 Å². The summed E-state index contributed by atoms with van der Waals surface area (Å²) in [6.07, 6.45) is 0. The van der Waals surface area contributed by atoms with E-state index in [1.54, 1.807) is 42.5 Å². The number of nitrogens with one attached hydrogen (secondary N) is 3. The largest absolute Gasteiger partial charge is 0.492 e. The Kier molecular flexibility index (Phi) is 9.18. The van der Waals surface area contributed by atoms with Gasteiger partial charge in [-0.15, -0.1) is 0 Å². The lowest BCUT2D eigenvalue weighted by molar-refractivity contribution is 0.0948. The van der Waals surface area contributed by atoms with Crippen molar-refractivity contribution in [1.82, 2.24) is 10.6 Å². The molecule has 0 aliphatic rings. The van der Waals surface area contributed by atoms with Crippen LogP contribution in [0.25, 0.3) is 0 Å². The van der Waals surface area contributed by atoms with Crippen molar-refractivity contribution < 1.29 is 14.3 Å². The van der Waals surface area contributed by atoms with E-state index in [0.29, 0.717) is 46.1 Å². The Hall–Kier alpha value is -3.23. The van der Waals surface area contributed by atoms with Gasteiger partial charge in [0, 0.05) is 23.4 Å². The number of ether oxygens (including phenoxy) is 1. The van der Waals surface area contributed by atoms with Crippen LogP contribution in [-0.2, 0) is 6.54 Å². The highest BCUT2D eigenvalue weighted by Crippen LogP contribution is 2.26. The fraction of sp³-hybridized carbons (Fsp3) is 0.192. The van der Waals surface area contributed by atoms with Gasteiger partial charge in [-0.25, -0.2) is 0 Å². The highest BCUT2D eigenvalue weighted by atomic mass is 79.9. The van der Waals surface area contributed by atoms with Crippen molar-refractivity contribution in [1.29, 1.82) is 0 Å². The summed E-state index contributed by atoms with van der Waals surface area (Å²) in [5, 5.41) is 8.66. The van der Waals surface area contributed by atoms with Crippen LogP contribution in [0.15, 0.2) is 77.3 Å². The van der Waals surface area contributed by atoms with Crippen LogP contribution in [0.4, 0.5) is 5.69 Å². The summed E-state index contributed by atoms with van der Waals surface area (Å²) in [7, 11) is 0. The monoisotopic (exact) mass is 539 g/mol. The van der Waals surface area contributed by atoms with Crippen molar-refractivity contribution in [3.63, 3.8) is 0 Å². The molecule has 3 aromatic carbocycles. The fourth-order valence-corrected chi connectivity index (χ4v) is 3.64. The Morgan fingerprint density at radius 2 is 1.62 bits per heavy atom. The van der Waals surface area contributed by atoms with Crippen molar-refractivity contribution >= 4 is 50.8 Å². The molecule has 0 radical (unpaired) electrons. The van der Waals surface area contributed by atoms with Gasteiger partial charge in [-0.2, -0.15) is 0 Å². The maximum atomic E-state index is 12.6. The molecule has 3 aromatic rings. The van der Waals surface area contributed by atoms with Crippen LogP contribution in [-0.4, -0.2) is 23.5 Å². The van der Waals surface area contributed by atoms with Crippen molar-refractivity contribution in [3.8, 4) is 5.75 Å². The molecule has 0 bridgehead atoms. The fourth-order valence-electron chi connectivity index (χ4n) is 2.94. The molecule has 176 valence electrons. The quantitative estimate of drug-likeness (QED) is 0.327. The highest BCUT2D eigenvalue weighted by molar-refractivity contribution is 9.10. The van der Waals surface area contributed by atoms with Crippen molar-refractivity contribution in [3.05, 3.63) is 94.0 Å². The smallest absolute Gasteiger partial charge is 0.257 e. The lowest BCUT2D eigenvalue weighted by atomic mass is 10.1. The van der Waals surface area contributed by atoms with E-state index in [-0.39, 0.29) is 16.9 Å². The molecule has 0 saturated carbocycles. The highest BCUT2D eigenvalue weighted by Gasteiger charge is 2.12. The lowest BCUT2D eigenvalue weighted by Gasteiger charge is -2.13. The summed E-state index contributed by atoms with van der Waals surface area (Å²) in [4.78, 5) is 24.9. The third-order valence-corrected chi connectivity index (χ3v) is 5.52. The molecule has 0 saturated heterocycles. The van der Waals surface area contributed by atoms with Crippen molar-refractivity contribution in [2.24, 2.45) is 5.92 Å². The van der Waals surface area contributed by atoms with Gasteiger partial charge in [-0.3, -0.25) is 14.9 Å². The molecule has 8 heteroatoms. The third kappa shape index (κ3) is 7.67. The molecule has 0 unspecified atom stereocenters. The van der Waals surface area contributed by atoms with E-state index >= 15 is 0 Å². The molecular formula is C26H26BrN3O3S. The molecular weight excluding hydrogens is 514 g/mol. The second-order valence-electron chi connectivity index (χ2n) is 8.00. The first kappa shape index (κ1) is 25.4. The molecule has 0 spiro atoms. The molecule has 3 rings (SSSR count). The van der Waals surface area contributed by atoms with Crippen LogP contribution < -0.4 is 20.7 Å². The second-order valence-corrected chi connectivity index (χ2v) is 9.27. The van der Waals surface area contributed by atoms with Crippen molar-refractivity contribution in [2.75, 3.05) is 11.9 Å². The van der Waals surface area contributed by atoms with Gasteiger partial charge in [0.1, 0.15) is 5.75 Å². The zero-order valence-corrected chi connectivity index (χ0v) is 21.3. The molecule has 0 aliphatic heterocycles. The molecule has 34 heavy (non-hydrogen) atoms. The van der Waals surface area contributed by atoms with E-state index < -0.39 is 0 Å². The minimum atomic E-state index is -0.342. The first-order valence-electron chi connectivity index (χ1n) is 10.8. The summed E-state index contributed by atoms with van der Waals surface area (Å²) in [6.45, 7) is 5.18. The predicted octanol–water partition coefficient (Wildman–Crippen LogP) is 5.54. The number of amides is 2. The first-order valence-corrected chi connectivity index (χ1v) is 12.0. The maximum absolute atomic E-state index is 12.6. The number of benzene rings is 3. The van der Waals surface area contributed by atoms with E-state index in [2.05, 4.69) is 45.7 Å². The van der Waals surface area contributed by atoms with Gasteiger partial charge in [0.2, 0.25) is 0 Å². The predicted molar refractivity (Wildman–Crippen MR) is 142 cm³/mol. The normalized spacial score (nSPS) is 10.5. The Morgan fingerprint density at radius 1 is 0.941 bits per heavy atom. The molecule has 2 amide bonds. The second kappa shape index (κ2) is 12.3. The molecule has 6 nitrogen and oxygen atoms in total. The average Bonchev–Trinajstić information content (AvgIpc) is 2.82. The topological polar surface area (TPSA) is 79.5 Å². The molecule has 3 N–H and O–H groups in total. The minimum absolute atomic E-state index is 0.155. The molecule has 0 fully saturated rings. The van der Waals surface area contributed by atoms with Gasteiger partial charge in [-0.05, 0) is 82.1 Å². The molecule has 0 aromatic heterocycles. The number of thiocarbonyl (C=S) groups is 1. The number of rotatable bonds is 8. The summed E-state index contributed by atoms with van der Waals surface area (Å²) in [5.41, 5.74) is 2.66. The molecule has 0 aliphatic carbocycles. The summed E-state index contributed by atoms with van der Waals surface area (Å²) >= 11 is 8.70. The number of carbonyl (C=O) groups excluding carboxylic acids is 2. The van der Waals surface area contributed by atoms with Crippen LogP contribution in [0, 0.1) is 5.92 Å². The van der Waals surface area contributed by atoms with Gasteiger partial charge in [0.15, 0.2) is 5.11 Å². The lowest BCUT2D eigenvalue weighted by Crippen LogP contribution is -2.34. The Bertz CT molecular complexity index is 1150. The Morgan fingerprint density at radius 3 is 2.26 bits per heavy atom. The molecule has 0 atom stereocenters. The van der Waals surface area contributed by atoms with Gasteiger partial charge in [0.05, 0.1) is 11.1 Å². The van der Waals surface area contributed by atoms with E-state index in [0.717, 1.165) is 5.56 Å². The Labute approximate surface area is 213 Å². The molecule has 0 heterocycles. The zero-order chi connectivity index (χ0) is 24.5. The third-order valence-electron chi connectivity index (χ3n) is 4.69. The van der Waals surface area contributed by atoms with Gasteiger partial charge < -0.3 is 15.4 Å². The number of anilines is 1. The van der Waals surface area contributed by atoms with E-state index in [1.165, 1.54) is 0 Å². The number of hydrogen-bond donors (Lipinski definition) is 3. The maximum Gasteiger partial charge on any atom is 0.257 e. The first-order chi connectivity index (χ1) is 16.3. The van der Waals surface area contributed by atoms with Gasteiger partial charge >= 0.3 is 0 Å². The zero-order valence-electron chi connectivity index (χ0n) is 18.9. The van der Waals surface area contributed by atoms with E-state index in [1.807, 2.05) is 30.3 Å². The standard InChI is InChI=1S/C26H26BrN3O3S/c1-17(2)16-33-23-13-10-20(14-22(23)27)25(32)30-26(34)29-21-11-8-19(9-12-21)24(31)28-15-18-6-4-3-5-7-18/h3-14,17H,15-16H2,1-2H3,(H,28,31)(H2,29,30,32,34). The number of halogens is 1. The van der Waals surface area contributed by atoms with Gasteiger partial charge in [-0.1, -0.05) is 44.2 Å². The Balaban J connectivity index is 1.51.